The van der Waals surface area contributed by atoms with E-state index in [1.807, 2.05) is 38.1 Å². The van der Waals surface area contributed by atoms with Crippen molar-refractivity contribution in [3.05, 3.63) is 58.3 Å². The van der Waals surface area contributed by atoms with Gasteiger partial charge in [-0.2, -0.15) is 0 Å². The van der Waals surface area contributed by atoms with Crippen LogP contribution in [0.25, 0.3) is 0 Å². The lowest BCUT2D eigenvalue weighted by molar-refractivity contribution is -0.122. The molecule has 0 aliphatic rings. The maximum atomic E-state index is 11.9. The summed E-state index contributed by atoms with van der Waals surface area (Å²) in [5.41, 5.74) is 1.17. The number of likely N-dealkylation sites (N-methyl/N-ethyl adjacent to an activating group) is 1. The van der Waals surface area contributed by atoms with Gasteiger partial charge in [-0.05, 0) is 30.9 Å². The molecule has 1 amide bonds. The van der Waals surface area contributed by atoms with E-state index in [-0.39, 0.29) is 18.0 Å². The minimum Gasteiger partial charge on any atom is -0.355 e. The summed E-state index contributed by atoms with van der Waals surface area (Å²) in [7, 11) is 0. The van der Waals surface area contributed by atoms with Gasteiger partial charge in [-0.15, -0.1) is 11.3 Å². The van der Waals surface area contributed by atoms with Crippen LogP contribution in [0.4, 0.5) is 0 Å². The van der Waals surface area contributed by atoms with E-state index in [1.165, 1.54) is 10.4 Å². The van der Waals surface area contributed by atoms with Crippen molar-refractivity contribution in [1.29, 1.82) is 0 Å². The number of rotatable bonds is 6. The average molecular weight is 288 g/mol. The van der Waals surface area contributed by atoms with E-state index < -0.39 is 0 Å². The maximum Gasteiger partial charge on any atom is 0.236 e. The first kappa shape index (κ1) is 14.8. The molecule has 0 bridgehead atoms. The molecule has 0 aliphatic heterocycles. The van der Waals surface area contributed by atoms with Crippen molar-refractivity contribution in [2.75, 3.05) is 6.54 Å². The molecule has 0 unspecified atom stereocenters. The van der Waals surface area contributed by atoms with Gasteiger partial charge in [0, 0.05) is 11.4 Å². The molecule has 2 atom stereocenters. The molecule has 106 valence electrons. The van der Waals surface area contributed by atoms with Crippen molar-refractivity contribution >= 4 is 17.2 Å². The van der Waals surface area contributed by atoms with Gasteiger partial charge < -0.3 is 5.32 Å². The Balaban J connectivity index is 2.18. The number of hydrogen-bond donors (Lipinski definition) is 2. The summed E-state index contributed by atoms with van der Waals surface area (Å²) >= 11 is 1.70. The maximum absolute atomic E-state index is 11.9. The second kappa shape index (κ2) is 7.22. The van der Waals surface area contributed by atoms with Crippen molar-refractivity contribution < 1.29 is 4.79 Å². The van der Waals surface area contributed by atoms with Crippen LogP contribution in [0.1, 0.15) is 30.3 Å². The zero-order valence-corrected chi connectivity index (χ0v) is 12.6. The number of hydrogen-bond acceptors (Lipinski definition) is 3. The highest BCUT2D eigenvalue weighted by atomic mass is 32.1. The van der Waals surface area contributed by atoms with Crippen molar-refractivity contribution in [3.63, 3.8) is 0 Å². The van der Waals surface area contributed by atoms with E-state index in [1.54, 1.807) is 11.3 Å². The van der Waals surface area contributed by atoms with Crippen LogP contribution in [0.2, 0.25) is 0 Å². The van der Waals surface area contributed by atoms with E-state index in [0.717, 1.165) is 0 Å². The fourth-order valence-corrected chi connectivity index (χ4v) is 2.91. The lowest BCUT2D eigenvalue weighted by atomic mass is 10.0. The SMILES string of the molecule is CCNC(=O)[C@H](C)N[C@H](c1ccccc1)c1cccs1. The molecule has 1 aromatic heterocycles. The Morgan fingerprint density at radius 1 is 1.20 bits per heavy atom. The van der Waals surface area contributed by atoms with Gasteiger partial charge in [-0.1, -0.05) is 36.4 Å². The van der Waals surface area contributed by atoms with Crippen molar-refractivity contribution in [3.8, 4) is 0 Å². The summed E-state index contributed by atoms with van der Waals surface area (Å²) in [6.45, 7) is 4.48. The van der Waals surface area contributed by atoms with Crippen LogP contribution in [0.5, 0.6) is 0 Å². The van der Waals surface area contributed by atoms with Crippen LogP contribution in [0.3, 0.4) is 0 Å². The minimum atomic E-state index is -0.234. The molecule has 0 radical (unpaired) electrons. The van der Waals surface area contributed by atoms with Gasteiger partial charge in [0.2, 0.25) is 5.91 Å². The Kier molecular flexibility index (Phi) is 5.32. The summed E-state index contributed by atoms with van der Waals surface area (Å²) in [6.07, 6.45) is 0. The molecule has 0 saturated heterocycles. The van der Waals surface area contributed by atoms with E-state index in [2.05, 4.69) is 34.2 Å². The van der Waals surface area contributed by atoms with E-state index in [0.29, 0.717) is 6.54 Å². The topological polar surface area (TPSA) is 41.1 Å². The summed E-state index contributed by atoms with van der Waals surface area (Å²) in [5.74, 6) is 0.0324. The Bertz CT molecular complexity index is 525. The molecule has 1 heterocycles. The number of carbonyl (C=O) groups is 1. The van der Waals surface area contributed by atoms with Gasteiger partial charge in [0.05, 0.1) is 12.1 Å². The summed E-state index contributed by atoms with van der Waals surface area (Å²) in [6, 6.07) is 14.2. The largest absolute Gasteiger partial charge is 0.355 e. The van der Waals surface area contributed by atoms with Gasteiger partial charge >= 0.3 is 0 Å². The van der Waals surface area contributed by atoms with Crippen molar-refractivity contribution in [2.24, 2.45) is 0 Å². The highest BCUT2D eigenvalue weighted by Crippen LogP contribution is 2.26. The van der Waals surface area contributed by atoms with Gasteiger partial charge in [0.1, 0.15) is 0 Å². The molecule has 0 saturated carbocycles. The molecule has 2 aromatic rings. The predicted molar refractivity (Wildman–Crippen MR) is 83.9 cm³/mol. The second-order valence-electron chi connectivity index (χ2n) is 4.64. The lowest BCUT2D eigenvalue weighted by Crippen LogP contribution is -2.43. The fraction of sp³-hybridized carbons (Fsp3) is 0.312. The third kappa shape index (κ3) is 3.68. The predicted octanol–water partition coefficient (Wildman–Crippen LogP) is 2.95. The monoisotopic (exact) mass is 288 g/mol. The molecule has 4 heteroatoms. The zero-order valence-electron chi connectivity index (χ0n) is 11.8. The standard InChI is InChI=1S/C16H20N2OS/c1-3-17-16(19)12(2)18-15(14-10-7-11-20-14)13-8-5-4-6-9-13/h4-12,15,18H,3H2,1-2H3,(H,17,19)/t12-,15+/m0/s1. The third-order valence-corrected chi connectivity index (χ3v) is 4.06. The molecule has 2 rings (SSSR count). The number of carbonyl (C=O) groups excluding carboxylic acids is 1. The van der Waals surface area contributed by atoms with Crippen LogP contribution in [-0.2, 0) is 4.79 Å². The first-order valence-corrected chi connectivity index (χ1v) is 7.72. The fourth-order valence-electron chi connectivity index (χ4n) is 2.10. The van der Waals surface area contributed by atoms with Gasteiger partial charge in [-0.25, -0.2) is 0 Å². The summed E-state index contributed by atoms with van der Waals surface area (Å²) in [4.78, 5) is 13.1. The second-order valence-corrected chi connectivity index (χ2v) is 5.62. The van der Waals surface area contributed by atoms with Crippen molar-refractivity contribution in [2.45, 2.75) is 25.9 Å². The van der Waals surface area contributed by atoms with Gasteiger partial charge in [0.15, 0.2) is 0 Å². The van der Waals surface area contributed by atoms with E-state index in [9.17, 15) is 4.79 Å². The molecule has 0 fully saturated rings. The van der Waals surface area contributed by atoms with Crippen LogP contribution >= 0.6 is 11.3 Å². The Morgan fingerprint density at radius 3 is 2.55 bits per heavy atom. The zero-order chi connectivity index (χ0) is 14.4. The summed E-state index contributed by atoms with van der Waals surface area (Å²) in [5, 5.41) is 8.33. The first-order valence-electron chi connectivity index (χ1n) is 6.84. The lowest BCUT2D eigenvalue weighted by Gasteiger charge is -2.22. The Morgan fingerprint density at radius 2 is 1.95 bits per heavy atom. The van der Waals surface area contributed by atoms with Crippen LogP contribution in [0.15, 0.2) is 47.8 Å². The van der Waals surface area contributed by atoms with Crippen LogP contribution < -0.4 is 10.6 Å². The molecule has 20 heavy (non-hydrogen) atoms. The number of nitrogens with one attached hydrogen (secondary N) is 2. The number of amides is 1. The van der Waals surface area contributed by atoms with Crippen LogP contribution in [0, 0.1) is 0 Å². The average Bonchev–Trinajstić information content (AvgIpc) is 2.99. The van der Waals surface area contributed by atoms with Crippen molar-refractivity contribution in [1.82, 2.24) is 10.6 Å². The molecule has 0 aliphatic carbocycles. The quantitative estimate of drug-likeness (QED) is 0.858. The third-order valence-electron chi connectivity index (χ3n) is 3.12. The molecular weight excluding hydrogens is 268 g/mol. The van der Waals surface area contributed by atoms with Gasteiger partial charge in [-0.3, -0.25) is 10.1 Å². The molecular formula is C16H20N2OS. The molecule has 1 aromatic carbocycles. The highest BCUT2D eigenvalue weighted by Gasteiger charge is 2.20. The highest BCUT2D eigenvalue weighted by molar-refractivity contribution is 7.10. The molecule has 0 spiro atoms. The van der Waals surface area contributed by atoms with E-state index >= 15 is 0 Å². The summed E-state index contributed by atoms with van der Waals surface area (Å²) < 4.78 is 0. The first-order chi connectivity index (χ1) is 9.72. The normalized spacial score (nSPS) is 13.7. The Labute approximate surface area is 124 Å². The molecule has 3 nitrogen and oxygen atoms in total. The van der Waals surface area contributed by atoms with Crippen LogP contribution in [-0.4, -0.2) is 18.5 Å². The minimum absolute atomic E-state index is 0.0324. The smallest absolute Gasteiger partial charge is 0.236 e. The molecule has 2 N–H and O–H groups in total. The van der Waals surface area contributed by atoms with E-state index in [4.69, 9.17) is 0 Å². The van der Waals surface area contributed by atoms with Gasteiger partial charge in [0.25, 0.3) is 0 Å². The number of benzene rings is 1. The number of thiophene rings is 1. The Hall–Kier alpha value is -1.65.